The Hall–Kier alpha value is -2.63. The van der Waals surface area contributed by atoms with Crippen LogP contribution in [0.3, 0.4) is 0 Å². The van der Waals surface area contributed by atoms with Gasteiger partial charge in [-0.05, 0) is 32.2 Å². The van der Waals surface area contributed by atoms with Gasteiger partial charge >= 0.3 is 0 Å². The number of anilines is 1. The van der Waals surface area contributed by atoms with E-state index in [4.69, 9.17) is 9.72 Å². The second-order valence-corrected chi connectivity index (χ2v) is 6.40. The molecule has 0 spiro atoms. The van der Waals surface area contributed by atoms with Crippen molar-refractivity contribution in [1.29, 1.82) is 0 Å². The van der Waals surface area contributed by atoms with Gasteiger partial charge in [-0.1, -0.05) is 29.8 Å². The zero-order valence-corrected chi connectivity index (χ0v) is 15.4. The van der Waals surface area contributed by atoms with E-state index in [-0.39, 0.29) is 0 Å². The Morgan fingerprint density at radius 3 is 2.54 bits per heavy atom. The molecule has 3 rings (SSSR count). The van der Waals surface area contributed by atoms with E-state index in [0.717, 1.165) is 33.6 Å². The maximum Gasteiger partial charge on any atom is 0.121 e. The third-order valence-electron chi connectivity index (χ3n) is 4.33. The molecule has 1 heterocycles. The first kappa shape index (κ1) is 18.2. The first-order chi connectivity index (χ1) is 12.6. The summed E-state index contributed by atoms with van der Waals surface area (Å²) >= 11 is 0. The lowest BCUT2D eigenvalue weighted by Gasteiger charge is -2.16. The molecule has 0 radical (unpaired) electrons. The summed E-state index contributed by atoms with van der Waals surface area (Å²) in [7, 11) is 3.48. The Balaban J connectivity index is 2.03. The van der Waals surface area contributed by atoms with Gasteiger partial charge in [-0.2, -0.15) is 0 Å². The van der Waals surface area contributed by atoms with E-state index in [1.54, 1.807) is 7.11 Å². The highest BCUT2D eigenvalue weighted by molar-refractivity contribution is 5.94. The molecule has 0 amide bonds. The van der Waals surface area contributed by atoms with E-state index < -0.39 is 6.10 Å². The molecule has 0 aliphatic rings. The third-order valence-corrected chi connectivity index (χ3v) is 4.33. The lowest BCUT2D eigenvalue weighted by molar-refractivity contribution is 0.187. The van der Waals surface area contributed by atoms with E-state index in [2.05, 4.69) is 41.8 Å². The standard InChI is InChI=1S/C21H25N3O2/c1-14-4-6-15(7-5-14)19-11-20(23-13-16(25)12-22-2)18-9-8-17(26-3)10-21(18)24-19/h4-11,16,22,25H,12-13H2,1-3H3,(H,23,24)/t16-/m0/s1. The molecule has 3 N–H and O–H groups in total. The quantitative estimate of drug-likeness (QED) is 0.610. The van der Waals surface area contributed by atoms with Crippen molar-refractivity contribution < 1.29 is 9.84 Å². The summed E-state index contributed by atoms with van der Waals surface area (Å²) < 4.78 is 5.34. The minimum Gasteiger partial charge on any atom is -0.497 e. The molecule has 3 aromatic rings. The minimum atomic E-state index is -0.468. The fourth-order valence-corrected chi connectivity index (χ4v) is 2.89. The average Bonchev–Trinajstić information content (AvgIpc) is 2.66. The lowest BCUT2D eigenvalue weighted by Crippen LogP contribution is -2.30. The number of methoxy groups -OCH3 is 1. The SMILES string of the molecule is CNC[C@H](O)CNc1cc(-c2ccc(C)cc2)nc2cc(OC)ccc12. The molecule has 0 saturated carbocycles. The van der Waals surface area contributed by atoms with Crippen molar-refractivity contribution in [2.75, 3.05) is 32.6 Å². The van der Waals surface area contributed by atoms with Gasteiger partial charge < -0.3 is 20.5 Å². The molecule has 0 unspecified atom stereocenters. The number of aromatic nitrogens is 1. The Labute approximate surface area is 154 Å². The summed E-state index contributed by atoms with van der Waals surface area (Å²) in [4.78, 5) is 4.81. The van der Waals surface area contributed by atoms with Gasteiger partial charge in [0.15, 0.2) is 0 Å². The van der Waals surface area contributed by atoms with Crippen LogP contribution in [0.2, 0.25) is 0 Å². The summed E-state index contributed by atoms with van der Waals surface area (Å²) in [5, 5.41) is 17.4. The fraction of sp³-hybridized carbons (Fsp3) is 0.286. The van der Waals surface area contributed by atoms with Crippen LogP contribution in [0.4, 0.5) is 5.69 Å². The molecular weight excluding hydrogens is 326 g/mol. The first-order valence-corrected chi connectivity index (χ1v) is 8.73. The highest BCUT2D eigenvalue weighted by atomic mass is 16.5. The van der Waals surface area contributed by atoms with Gasteiger partial charge in [0.2, 0.25) is 0 Å². The number of hydrogen-bond donors (Lipinski definition) is 3. The number of pyridine rings is 1. The molecule has 136 valence electrons. The maximum atomic E-state index is 10.0. The van der Waals surface area contributed by atoms with Crippen LogP contribution in [0.1, 0.15) is 5.56 Å². The van der Waals surface area contributed by atoms with Crippen molar-refractivity contribution in [3.05, 3.63) is 54.1 Å². The van der Waals surface area contributed by atoms with Gasteiger partial charge in [0, 0.05) is 35.8 Å². The van der Waals surface area contributed by atoms with Crippen LogP contribution in [0, 0.1) is 6.92 Å². The van der Waals surface area contributed by atoms with Crippen molar-refractivity contribution in [2.24, 2.45) is 0 Å². The predicted molar refractivity (Wildman–Crippen MR) is 107 cm³/mol. The summed E-state index contributed by atoms with van der Waals surface area (Å²) in [5.41, 5.74) is 4.96. The number of rotatable bonds is 7. The van der Waals surface area contributed by atoms with Gasteiger partial charge in [0.25, 0.3) is 0 Å². The van der Waals surface area contributed by atoms with Crippen molar-refractivity contribution in [3.8, 4) is 17.0 Å². The number of benzene rings is 2. The smallest absolute Gasteiger partial charge is 0.121 e. The van der Waals surface area contributed by atoms with Crippen molar-refractivity contribution in [2.45, 2.75) is 13.0 Å². The Bertz CT molecular complexity index is 878. The molecule has 2 aromatic carbocycles. The van der Waals surface area contributed by atoms with Crippen molar-refractivity contribution in [1.82, 2.24) is 10.3 Å². The number of nitrogens with zero attached hydrogens (tertiary/aromatic N) is 1. The number of ether oxygens (including phenoxy) is 1. The summed E-state index contributed by atoms with van der Waals surface area (Å²) in [6, 6.07) is 16.2. The normalized spacial score (nSPS) is 12.2. The Kier molecular flexibility index (Phi) is 5.71. The number of nitrogens with one attached hydrogen (secondary N) is 2. The average molecular weight is 351 g/mol. The minimum absolute atomic E-state index is 0.458. The molecule has 5 heteroatoms. The van der Waals surface area contributed by atoms with E-state index >= 15 is 0 Å². The van der Waals surface area contributed by atoms with Crippen molar-refractivity contribution >= 4 is 16.6 Å². The molecule has 0 fully saturated rings. The molecule has 1 atom stereocenters. The molecule has 0 saturated heterocycles. The van der Waals surface area contributed by atoms with Crippen LogP contribution in [0.5, 0.6) is 5.75 Å². The van der Waals surface area contributed by atoms with Crippen LogP contribution in [-0.2, 0) is 0 Å². The maximum absolute atomic E-state index is 10.0. The van der Waals surface area contributed by atoms with Gasteiger partial charge in [-0.15, -0.1) is 0 Å². The highest BCUT2D eigenvalue weighted by Crippen LogP contribution is 2.30. The Morgan fingerprint density at radius 2 is 1.85 bits per heavy atom. The topological polar surface area (TPSA) is 66.4 Å². The van der Waals surface area contributed by atoms with Crippen LogP contribution in [-0.4, -0.2) is 43.4 Å². The predicted octanol–water partition coefficient (Wildman–Crippen LogP) is 3.21. The monoisotopic (exact) mass is 351 g/mol. The molecular formula is C21H25N3O2. The first-order valence-electron chi connectivity index (χ1n) is 8.73. The lowest BCUT2D eigenvalue weighted by atomic mass is 10.1. The zero-order valence-electron chi connectivity index (χ0n) is 15.4. The largest absolute Gasteiger partial charge is 0.497 e. The Morgan fingerprint density at radius 1 is 1.08 bits per heavy atom. The number of likely N-dealkylation sites (N-methyl/N-ethyl adjacent to an activating group) is 1. The molecule has 0 aliphatic heterocycles. The highest BCUT2D eigenvalue weighted by Gasteiger charge is 2.10. The molecule has 26 heavy (non-hydrogen) atoms. The molecule has 5 nitrogen and oxygen atoms in total. The number of aliphatic hydroxyl groups excluding tert-OH is 1. The van der Waals surface area contributed by atoms with Crippen LogP contribution in [0.25, 0.3) is 22.2 Å². The van der Waals surface area contributed by atoms with Gasteiger partial charge in [-0.3, -0.25) is 0 Å². The summed E-state index contributed by atoms with van der Waals surface area (Å²) in [5.74, 6) is 0.771. The van der Waals surface area contributed by atoms with Gasteiger partial charge in [0.05, 0.1) is 24.4 Å². The number of hydrogen-bond acceptors (Lipinski definition) is 5. The molecule has 0 bridgehead atoms. The summed E-state index contributed by atoms with van der Waals surface area (Å²) in [6.07, 6.45) is -0.468. The zero-order chi connectivity index (χ0) is 18.5. The molecule has 0 aliphatic carbocycles. The molecule has 1 aromatic heterocycles. The van der Waals surface area contributed by atoms with E-state index in [0.29, 0.717) is 13.1 Å². The van der Waals surface area contributed by atoms with E-state index in [1.165, 1.54) is 5.56 Å². The van der Waals surface area contributed by atoms with Crippen molar-refractivity contribution in [3.63, 3.8) is 0 Å². The van der Waals surface area contributed by atoms with E-state index in [1.807, 2.05) is 31.3 Å². The van der Waals surface area contributed by atoms with Gasteiger partial charge in [-0.25, -0.2) is 4.98 Å². The number of fused-ring (bicyclic) bond motifs is 1. The second-order valence-electron chi connectivity index (χ2n) is 6.40. The number of aliphatic hydroxyl groups is 1. The third kappa shape index (κ3) is 4.12. The second kappa shape index (κ2) is 8.17. The van der Waals surface area contributed by atoms with Crippen LogP contribution >= 0.6 is 0 Å². The van der Waals surface area contributed by atoms with E-state index in [9.17, 15) is 5.11 Å². The van der Waals surface area contributed by atoms with Gasteiger partial charge in [0.1, 0.15) is 5.75 Å². The summed E-state index contributed by atoms with van der Waals surface area (Å²) in [6.45, 7) is 3.06. The number of aryl methyl sites for hydroxylation is 1. The van der Waals surface area contributed by atoms with Crippen LogP contribution < -0.4 is 15.4 Å². The fourth-order valence-electron chi connectivity index (χ4n) is 2.89. The van der Waals surface area contributed by atoms with Crippen LogP contribution in [0.15, 0.2) is 48.5 Å².